The Balaban J connectivity index is 1.75. The largest absolute Gasteiger partial charge is 0.444 e. The van der Waals surface area contributed by atoms with Gasteiger partial charge in [0.05, 0.1) is 24.2 Å². The molecule has 0 aliphatic carbocycles. The van der Waals surface area contributed by atoms with E-state index in [0.29, 0.717) is 30.2 Å². The van der Waals surface area contributed by atoms with Crippen LogP contribution in [0.25, 0.3) is 0 Å². The Kier molecular flexibility index (Phi) is 13.9. The van der Waals surface area contributed by atoms with E-state index in [4.69, 9.17) is 18.9 Å². The molecule has 3 heterocycles. The van der Waals surface area contributed by atoms with E-state index >= 15 is 0 Å². The van der Waals surface area contributed by atoms with Gasteiger partial charge >= 0.3 is 24.4 Å². The van der Waals surface area contributed by atoms with Crippen molar-refractivity contribution in [1.82, 2.24) is 36.7 Å². The summed E-state index contributed by atoms with van der Waals surface area (Å²) in [4.78, 5) is 55.9. The number of carbonyl (C=O) groups excluding carboxylic acids is 4. The molecule has 316 valence electrons. The van der Waals surface area contributed by atoms with Crippen molar-refractivity contribution >= 4 is 47.4 Å². The van der Waals surface area contributed by atoms with Gasteiger partial charge in [0.1, 0.15) is 28.1 Å². The molecule has 4 unspecified atom stereocenters. The van der Waals surface area contributed by atoms with Crippen LogP contribution in [0, 0.1) is 0 Å². The number of benzene rings is 1. The van der Waals surface area contributed by atoms with Crippen molar-refractivity contribution < 1.29 is 38.1 Å². The molecule has 18 heteroatoms. The van der Waals surface area contributed by atoms with Gasteiger partial charge in [0.15, 0.2) is 11.6 Å². The molecule has 0 bridgehead atoms. The van der Waals surface area contributed by atoms with E-state index in [9.17, 15) is 19.2 Å². The standard InChI is InChI=1S/C39H62N10O8/c1-36(2,3)54-32(50)41-25-18-26(42-33(51)55-37(4,5)6)21-48(20-25)30-29(40-24-16-14-13-15-17-24)31(46-47-45-30)49-22-27(43-34(52)56-38(7,8)9)19-28(23-49)44-35(53)57-39(10,11)12/h13-17,25-28H,18-23H2,1-12H3,(H,40,47)(H,41,50)(H,42,51)(H,43,52)(H,44,53). The number of hydrogen-bond donors (Lipinski definition) is 5. The lowest BCUT2D eigenvalue weighted by atomic mass is 10.00. The number of rotatable bonds is 8. The van der Waals surface area contributed by atoms with Crippen LogP contribution in [0.4, 0.5) is 42.2 Å². The van der Waals surface area contributed by atoms with Gasteiger partial charge < -0.3 is 55.3 Å². The highest BCUT2D eigenvalue weighted by Crippen LogP contribution is 2.37. The van der Waals surface area contributed by atoms with E-state index in [0.717, 1.165) is 5.69 Å². The number of nitrogens with one attached hydrogen (secondary N) is 5. The van der Waals surface area contributed by atoms with Crippen LogP contribution < -0.4 is 36.4 Å². The van der Waals surface area contributed by atoms with Crippen LogP contribution in [-0.2, 0) is 18.9 Å². The second-order valence-electron chi connectivity index (χ2n) is 18.5. The quantitative estimate of drug-likeness (QED) is 0.206. The van der Waals surface area contributed by atoms with Gasteiger partial charge in [0, 0.05) is 31.9 Å². The summed E-state index contributed by atoms with van der Waals surface area (Å²) in [5.74, 6) is 0.767. The highest BCUT2D eigenvalue weighted by molar-refractivity contribution is 5.83. The molecule has 5 N–H and O–H groups in total. The van der Waals surface area contributed by atoms with E-state index in [-0.39, 0.29) is 26.2 Å². The lowest BCUT2D eigenvalue weighted by Crippen LogP contribution is -2.59. The fourth-order valence-electron chi connectivity index (χ4n) is 6.39. The summed E-state index contributed by atoms with van der Waals surface area (Å²) in [6.45, 7) is 22.5. The average molecular weight is 799 g/mol. The van der Waals surface area contributed by atoms with Gasteiger partial charge in [-0.25, -0.2) is 19.2 Å². The number of amides is 4. The third-order valence-electron chi connectivity index (χ3n) is 8.15. The Hall–Kier alpha value is -5.29. The van der Waals surface area contributed by atoms with Crippen LogP contribution in [-0.4, -0.2) is 113 Å². The fraction of sp³-hybridized carbons (Fsp3) is 0.667. The van der Waals surface area contributed by atoms with Crippen LogP contribution in [0.3, 0.4) is 0 Å². The highest BCUT2D eigenvalue weighted by Gasteiger charge is 2.37. The molecule has 2 aromatic rings. The molecule has 1 aromatic carbocycles. The van der Waals surface area contributed by atoms with Crippen molar-refractivity contribution in [2.45, 2.75) is 142 Å². The van der Waals surface area contributed by atoms with Gasteiger partial charge in [0.25, 0.3) is 0 Å². The van der Waals surface area contributed by atoms with E-state index < -0.39 is 70.9 Å². The summed E-state index contributed by atoms with van der Waals surface area (Å²) in [5, 5.41) is 28.6. The summed E-state index contributed by atoms with van der Waals surface area (Å²) in [7, 11) is 0. The topological polar surface area (TPSA) is 210 Å². The number of hydrogen-bond acceptors (Lipinski definition) is 14. The molecule has 2 saturated heterocycles. The van der Waals surface area contributed by atoms with Crippen molar-refractivity contribution in [3.05, 3.63) is 30.3 Å². The number of anilines is 4. The minimum absolute atomic E-state index is 0.277. The Labute approximate surface area is 335 Å². The third-order valence-corrected chi connectivity index (χ3v) is 8.15. The summed E-state index contributed by atoms with van der Waals surface area (Å²) in [6, 6.07) is 7.48. The first kappa shape index (κ1) is 44.4. The maximum Gasteiger partial charge on any atom is 0.407 e. The van der Waals surface area contributed by atoms with Crippen molar-refractivity contribution in [2.24, 2.45) is 0 Å². The Bertz CT molecular complexity index is 1530. The zero-order valence-corrected chi connectivity index (χ0v) is 35.4. The lowest BCUT2D eigenvalue weighted by Gasteiger charge is -2.41. The molecule has 2 fully saturated rings. The summed E-state index contributed by atoms with van der Waals surface area (Å²) in [6.07, 6.45) is -1.65. The summed E-state index contributed by atoms with van der Waals surface area (Å²) in [5.41, 5.74) is -1.73. The monoisotopic (exact) mass is 798 g/mol. The first-order chi connectivity index (χ1) is 26.3. The van der Waals surface area contributed by atoms with E-state index in [1.54, 1.807) is 83.1 Å². The number of carbonyl (C=O) groups is 4. The number of piperidine rings is 2. The zero-order valence-electron chi connectivity index (χ0n) is 35.4. The van der Waals surface area contributed by atoms with Crippen LogP contribution in [0.2, 0.25) is 0 Å². The zero-order chi connectivity index (χ0) is 42.3. The summed E-state index contributed by atoms with van der Waals surface area (Å²) >= 11 is 0. The molecular weight excluding hydrogens is 736 g/mol. The maximum atomic E-state index is 13.0. The average Bonchev–Trinajstić information content (AvgIpc) is 3.01. The second kappa shape index (κ2) is 17.9. The van der Waals surface area contributed by atoms with E-state index in [1.807, 2.05) is 40.1 Å². The van der Waals surface area contributed by atoms with Gasteiger partial charge in [-0.3, -0.25) is 0 Å². The fourth-order valence-corrected chi connectivity index (χ4v) is 6.39. The van der Waals surface area contributed by atoms with Gasteiger partial charge in [-0.05, 0) is 113 Å². The number of para-hydroxylation sites is 1. The molecular formula is C39H62N10O8. The molecule has 4 amide bonds. The Morgan fingerprint density at radius 1 is 0.526 bits per heavy atom. The van der Waals surface area contributed by atoms with E-state index in [2.05, 4.69) is 42.0 Å². The molecule has 0 saturated carbocycles. The molecule has 1 aromatic heterocycles. The summed E-state index contributed by atoms with van der Waals surface area (Å²) < 4.78 is 22.3. The van der Waals surface area contributed by atoms with Crippen molar-refractivity contribution in [3.8, 4) is 0 Å². The smallest absolute Gasteiger partial charge is 0.407 e. The molecule has 18 nitrogen and oxygen atoms in total. The first-order valence-electron chi connectivity index (χ1n) is 19.3. The van der Waals surface area contributed by atoms with Crippen LogP contribution in [0.5, 0.6) is 0 Å². The van der Waals surface area contributed by atoms with Crippen LogP contribution in [0.1, 0.15) is 95.9 Å². The van der Waals surface area contributed by atoms with Crippen molar-refractivity contribution in [2.75, 3.05) is 41.3 Å². The van der Waals surface area contributed by atoms with Gasteiger partial charge in [-0.2, -0.15) is 0 Å². The number of ether oxygens (including phenoxy) is 4. The molecule has 2 aliphatic heterocycles. The molecule has 4 rings (SSSR count). The molecule has 0 spiro atoms. The number of aromatic nitrogens is 3. The predicted octanol–water partition coefficient (Wildman–Crippen LogP) is 5.61. The van der Waals surface area contributed by atoms with Crippen LogP contribution in [0.15, 0.2) is 30.3 Å². The molecule has 4 atom stereocenters. The van der Waals surface area contributed by atoms with Gasteiger partial charge in [0.2, 0.25) is 0 Å². The SMILES string of the molecule is CC(C)(C)OC(=O)NC1CC(NC(=O)OC(C)(C)C)CN(c2nnnc(N3CC(NC(=O)OC(C)(C)C)CC(NC(=O)OC(C)(C)C)C3)c2Nc2ccccc2)C1. The minimum atomic E-state index is -0.730. The van der Waals surface area contributed by atoms with Crippen molar-refractivity contribution in [1.29, 1.82) is 0 Å². The van der Waals surface area contributed by atoms with Crippen molar-refractivity contribution in [3.63, 3.8) is 0 Å². The van der Waals surface area contributed by atoms with Gasteiger partial charge in [-0.1, -0.05) is 18.2 Å². The number of nitrogens with zero attached hydrogens (tertiary/aromatic N) is 5. The Morgan fingerprint density at radius 3 is 1.11 bits per heavy atom. The molecule has 0 radical (unpaired) electrons. The second-order valence-corrected chi connectivity index (χ2v) is 18.5. The number of alkyl carbamates (subject to hydrolysis) is 4. The van der Waals surface area contributed by atoms with E-state index in [1.165, 1.54) is 0 Å². The maximum absolute atomic E-state index is 13.0. The third kappa shape index (κ3) is 15.3. The highest BCUT2D eigenvalue weighted by atomic mass is 16.6. The normalized spacial score (nSPS) is 20.4. The first-order valence-corrected chi connectivity index (χ1v) is 19.3. The molecule has 57 heavy (non-hydrogen) atoms. The predicted molar refractivity (Wildman–Crippen MR) is 216 cm³/mol. The van der Waals surface area contributed by atoms with Crippen LogP contribution >= 0.6 is 0 Å². The minimum Gasteiger partial charge on any atom is -0.444 e. The molecule has 2 aliphatic rings. The Morgan fingerprint density at radius 2 is 0.825 bits per heavy atom. The van der Waals surface area contributed by atoms with Gasteiger partial charge in [-0.15, -0.1) is 10.2 Å². The lowest BCUT2D eigenvalue weighted by molar-refractivity contribution is 0.0452.